The average Bonchev–Trinajstić information content (AvgIpc) is 3.08. The minimum absolute atomic E-state index is 0.315. The molecule has 1 aromatic heterocycles. The summed E-state index contributed by atoms with van der Waals surface area (Å²) >= 11 is 0. The average molecular weight is 400 g/mol. The minimum Gasteiger partial charge on any atom is -0.489 e. The van der Waals surface area contributed by atoms with E-state index in [0.29, 0.717) is 25.3 Å². The minimum atomic E-state index is -0.315. The molecule has 0 saturated heterocycles. The van der Waals surface area contributed by atoms with Gasteiger partial charge in [-0.15, -0.1) is 0 Å². The van der Waals surface area contributed by atoms with Gasteiger partial charge in [-0.2, -0.15) is 0 Å². The number of hydrogen-bond acceptors (Lipinski definition) is 4. The van der Waals surface area contributed by atoms with Gasteiger partial charge in [-0.1, -0.05) is 42.5 Å². The van der Waals surface area contributed by atoms with Gasteiger partial charge >= 0.3 is 5.97 Å². The lowest BCUT2D eigenvalue weighted by Gasteiger charge is -2.10. The van der Waals surface area contributed by atoms with Gasteiger partial charge in [0.25, 0.3) is 0 Å². The predicted molar refractivity (Wildman–Crippen MR) is 117 cm³/mol. The molecule has 1 heterocycles. The van der Waals surface area contributed by atoms with E-state index in [1.54, 1.807) is 13.0 Å². The standard InChI is InChI=1S/C25H24N2O3/c1-3-29-25(28)21-11-14-23-24(15-21)27(18(2)26-23)16-19-9-12-22(13-10-19)30-17-20-7-5-4-6-8-20/h4-15H,3,16-17H2,1-2H3. The second-order valence-corrected chi connectivity index (χ2v) is 7.09. The molecule has 0 bridgehead atoms. The van der Waals surface area contributed by atoms with Crippen LogP contribution in [-0.2, 0) is 17.9 Å². The third kappa shape index (κ3) is 4.35. The largest absolute Gasteiger partial charge is 0.489 e. The monoisotopic (exact) mass is 400 g/mol. The molecule has 0 radical (unpaired) electrons. The van der Waals surface area contributed by atoms with Crippen LogP contribution in [0.1, 0.15) is 34.2 Å². The highest BCUT2D eigenvalue weighted by atomic mass is 16.5. The van der Waals surface area contributed by atoms with E-state index in [9.17, 15) is 4.79 Å². The van der Waals surface area contributed by atoms with Crippen LogP contribution in [0.3, 0.4) is 0 Å². The molecule has 0 N–H and O–H groups in total. The third-order valence-electron chi connectivity index (χ3n) is 4.96. The second-order valence-electron chi connectivity index (χ2n) is 7.09. The normalized spacial score (nSPS) is 10.9. The van der Waals surface area contributed by atoms with Crippen molar-refractivity contribution in [3.8, 4) is 5.75 Å². The zero-order valence-electron chi connectivity index (χ0n) is 17.2. The number of nitrogens with zero attached hydrogens (tertiary/aromatic N) is 2. The smallest absolute Gasteiger partial charge is 0.338 e. The summed E-state index contributed by atoms with van der Waals surface area (Å²) < 4.78 is 13.1. The number of carbonyl (C=O) groups excluding carboxylic acids is 1. The van der Waals surface area contributed by atoms with E-state index < -0.39 is 0 Å². The van der Waals surface area contributed by atoms with Crippen LogP contribution in [-0.4, -0.2) is 22.1 Å². The van der Waals surface area contributed by atoms with Crippen LogP contribution in [0.15, 0.2) is 72.8 Å². The van der Waals surface area contributed by atoms with Crippen LogP contribution in [0.4, 0.5) is 0 Å². The van der Waals surface area contributed by atoms with Crippen LogP contribution in [0.25, 0.3) is 11.0 Å². The van der Waals surface area contributed by atoms with Gasteiger partial charge in [0.15, 0.2) is 0 Å². The molecule has 5 nitrogen and oxygen atoms in total. The number of fused-ring (bicyclic) bond motifs is 1. The fourth-order valence-corrected chi connectivity index (χ4v) is 3.40. The van der Waals surface area contributed by atoms with Gasteiger partial charge in [-0.25, -0.2) is 9.78 Å². The van der Waals surface area contributed by atoms with E-state index in [0.717, 1.165) is 33.7 Å². The predicted octanol–water partition coefficient (Wildman–Crippen LogP) is 5.15. The second kappa shape index (κ2) is 8.82. The molecule has 0 saturated carbocycles. The molecule has 0 aliphatic rings. The summed E-state index contributed by atoms with van der Waals surface area (Å²) in [6.45, 7) is 5.34. The first-order chi connectivity index (χ1) is 14.6. The Morgan fingerprint density at radius 1 is 0.967 bits per heavy atom. The molecule has 0 aliphatic heterocycles. The molecule has 3 aromatic carbocycles. The maximum Gasteiger partial charge on any atom is 0.338 e. The summed E-state index contributed by atoms with van der Waals surface area (Å²) in [5.41, 5.74) is 4.59. The van der Waals surface area contributed by atoms with Gasteiger partial charge in [0.05, 0.1) is 23.2 Å². The number of ether oxygens (including phenoxy) is 2. The van der Waals surface area contributed by atoms with E-state index >= 15 is 0 Å². The van der Waals surface area contributed by atoms with Gasteiger partial charge in [0.2, 0.25) is 0 Å². The van der Waals surface area contributed by atoms with Crippen molar-refractivity contribution in [2.24, 2.45) is 0 Å². The first-order valence-electron chi connectivity index (χ1n) is 10.0. The highest BCUT2D eigenvalue weighted by molar-refractivity contribution is 5.93. The molecule has 0 amide bonds. The number of carbonyl (C=O) groups is 1. The Balaban J connectivity index is 1.51. The van der Waals surface area contributed by atoms with Gasteiger partial charge < -0.3 is 14.0 Å². The quantitative estimate of drug-likeness (QED) is 0.403. The van der Waals surface area contributed by atoms with Gasteiger partial charge in [-0.05, 0) is 55.3 Å². The topological polar surface area (TPSA) is 53.3 Å². The molecule has 0 unspecified atom stereocenters. The molecule has 5 heteroatoms. The Bertz CT molecular complexity index is 1150. The summed E-state index contributed by atoms with van der Waals surface area (Å²) in [6.07, 6.45) is 0. The summed E-state index contributed by atoms with van der Waals surface area (Å²) in [6, 6.07) is 23.7. The van der Waals surface area contributed by atoms with Crippen LogP contribution >= 0.6 is 0 Å². The number of imidazole rings is 1. The molecular formula is C25H24N2O3. The Morgan fingerprint density at radius 2 is 1.73 bits per heavy atom. The van der Waals surface area contributed by atoms with E-state index in [1.807, 2.05) is 61.5 Å². The van der Waals surface area contributed by atoms with Crippen molar-refractivity contribution in [3.63, 3.8) is 0 Å². The number of rotatable bonds is 7. The van der Waals surface area contributed by atoms with Crippen molar-refractivity contribution >= 4 is 17.0 Å². The molecule has 0 aliphatic carbocycles. The molecule has 152 valence electrons. The van der Waals surface area contributed by atoms with Gasteiger partial charge in [0.1, 0.15) is 18.2 Å². The van der Waals surface area contributed by atoms with Crippen molar-refractivity contribution in [2.45, 2.75) is 27.0 Å². The fraction of sp³-hybridized carbons (Fsp3) is 0.200. The van der Waals surface area contributed by atoms with Crippen molar-refractivity contribution in [2.75, 3.05) is 6.61 Å². The SMILES string of the molecule is CCOC(=O)c1ccc2nc(C)n(Cc3ccc(OCc4ccccc4)cc3)c2c1. The number of hydrogen-bond donors (Lipinski definition) is 0. The van der Waals surface area contributed by atoms with E-state index in [1.165, 1.54) is 0 Å². The molecule has 0 spiro atoms. The first kappa shape index (κ1) is 19.7. The van der Waals surface area contributed by atoms with Crippen LogP contribution < -0.4 is 4.74 Å². The molecular weight excluding hydrogens is 376 g/mol. The summed E-state index contributed by atoms with van der Waals surface area (Å²) in [5.74, 6) is 1.42. The van der Waals surface area contributed by atoms with Crippen molar-refractivity contribution in [3.05, 3.63) is 95.3 Å². The zero-order valence-corrected chi connectivity index (χ0v) is 17.2. The summed E-state index contributed by atoms with van der Waals surface area (Å²) in [7, 11) is 0. The van der Waals surface area contributed by atoms with E-state index in [-0.39, 0.29) is 5.97 Å². The Labute approximate surface area is 175 Å². The summed E-state index contributed by atoms with van der Waals surface area (Å²) in [5, 5.41) is 0. The maximum absolute atomic E-state index is 12.1. The fourth-order valence-electron chi connectivity index (χ4n) is 3.40. The Morgan fingerprint density at radius 3 is 2.47 bits per heavy atom. The van der Waals surface area contributed by atoms with Gasteiger partial charge in [-0.3, -0.25) is 0 Å². The molecule has 0 atom stereocenters. The Kier molecular flexibility index (Phi) is 5.80. The third-order valence-corrected chi connectivity index (χ3v) is 4.96. The lowest BCUT2D eigenvalue weighted by molar-refractivity contribution is 0.0526. The van der Waals surface area contributed by atoms with Crippen LogP contribution in [0.5, 0.6) is 5.75 Å². The first-order valence-corrected chi connectivity index (χ1v) is 10.0. The summed E-state index contributed by atoms with van der Waals surface area (Å²) in [4.78, 5) is 16.7. The highest BCUT2D eigenvalue weighted by Crippen LogP contribution is 2.21. The molecule has 0 fully saturated rings. The van der Waals surface area contributed by atoms with Crippen LogP contribution in [0.2, 0.25) is 0 Å². The van der Waals surface area contributed by atoms with Crippen molar-refractivity contribution in [1.29, 1.82) is 0 Å². The van der Waals surface area contributed by atoms with Crippen LogP contribution in [0, 0.1) is 6.92 Å². The van der Waals surface area contributed by atoms with Crippen molar-refractivity contribution < 1.29 is 14.3 Å². The number of aryl methyl sites for hydroxylation is 1. The number of esters is 1. The molecule has 30 heavy (non-hydrogen) atoms. The number of benzene rings is 3. The zero-order chi connectivity index (χ0) is 20.9. The molecule has 4 aromatic rings. The number of aromatic nitrogens is 2. The van der Waals surface area contributed by atoms with E-state index in [4.69, 9.17) is 9.47 Å². The Hall–Kier alpha value is -3.60. The van der Waals surface area contributed by atoms with Crippen molar-refractivity contribution in [1.82, 2.24) is 9.55 Å². The maximum atomic E-state index is 12.1. The molecule has 4 rings (SSSR count). The highest BCUT2D eigenvalue weighted by Gasteiger charge is 2.13. The lowest BCUT2D eigenvalue weighted by Crippen LogP contribution is -2.06. The van der Waals surface area contributed by atoms with E-state index in [2.05, 4.69) is 21.7 Å². The lowest BCUT2D eigenvalue weighted by atomic mass is 10.2. The van der Waals surface area contributed by atoms with Gasteiger partial charge in [0, 0.05) is 6.54 Å².